The van der Waals surface area contributed by atoms with Gasteiger partial charge in [0.15, 0.2) is 17.6 Å². The number of amides is 1. The van der Waals surface area contributed by atoms with Crippen LogP contribution in [0.2, 0.25) is 0 Å². The number of alkyl halides is 2. The van der Waals surface area contributed by atoms with Crippen molar-refractivity contribution in [2.45, 2.75) is 12.7 Å². The predicted molar refractivity (Wildman–Crippen MR) is 86.4 cm³/mol. The zero-order valence-electron chi connectivity index (χ0n) is 13.5. The Hall–Kier alpha value is -2.83. The molecule has 132 valence electrons. The van der Waals surface area contributed by atoms with Crippen LogP contribution in [-0.2, 0) is 0 Å². The molecule has 0 N–H and O–H groups in total. The zero-order chi connectivity index (χ0) is 17.8. The van der Waals surface area contributed by atoms with Gasteiger partial charge in [0.1, 0.15) is 12.4 Å². The highest BCUT2D eigenvalue weighted by molar-refractivity contribution is 5.96. The Morgan fingerprint density at radius 1 is 1.20 bits per heavy atom. The lowest BCUT2D eigenvalue weighted by atomic mass is 10.1. The molecule has 5 nitrogen and oxygen atoms in total. The normalized spacial score (nSPS) is 15.8. The quantitative estimate of drug-likeness (QED) is 0.832. The second kappa shape index (κ2) is 7.38. The molecule has 2 aromatic rings. The predicted octanol–water partition coefficient (Wildman–Crippen LogP) is 3.20. The molecule has 0 aliphatic carbocycles. The second-order valence-corrected chi connectivity index (χ2v) is 5.56. The fourth-order valence-corrected chi connectivity index (χ4v) is 2.59. The lowest BCUT2D eigenvalue weighted by Gasteiger charge is -2.29. The van der Waals surface area contributed by atoms with Crippen molar-refractivity contribution in [3.05, 3.63) is 54.1 Å². The molecule has 0 saturated carbocycles. The third-order valence-electron chi connectivity index (χ3n) is 3.73. The van der Waals surface area contributed by atoms with Crippen LogP contribution in [-0.4, -0.2) is 43.7 Å². The van der Waals surface area contributed by atoms with Crippen LogP contribution in [0.4, 0.5) is 8.78 Å². The molecule has 0 saturated heterocycles. The first-order valence-corrected chi connectivity index (χ1v) is 7.72. The molecule has 1 aliphatic heterocycles. The summed E-state index contributed by atoms with van der Waals surface area (Å²) < 4.78 is 40.8. The third-order valence-corrected chi connectivity index (χ3v) is 3.73. The third kappa shape index (κ3) is 3.99. The molecule has 3 rings (SSSR count). The Morgan fingerprint density at radius 2 is 1.88 bits per heavy atom. The Balaban J connectivity index is 1.68. The lowest BCUT2D eigenvalue weighted by molar-refractivity contribution is -0.0503. The number of hydrogen-bond acceptors (Lipinski definition) is 4. The summed E-state index contributed by atoms with van der Waals surface area (Å²) in [6.45, 7) is -2.45. The van der Waals surface area contributed by atoms with Crippen molar-refractivity contribution >= 4 is 5.91 Å². The number of carbonyl (C=O) groups excluding carboxylic acids is 1. The van der Waals surface area contributed by atoms with Crippen molar-refractivity contribution in [2.75, 3.05) is 20.2 Å². The number of nitrogens with zero attached hydrogens (tertiary/aromatic N) is 1. The van der Waals surface area contributed by atoms with Gasteiger partial charge in [-0.15, -0.1) is 0 Å². The van der Waals surface area contributed by atoms with E-state index in [2.05, 4.69) is 4.74 Å². The number of ether oxygens (including phenoxy) is 3. The maximum atomic E-state index is 12.6. The zero-order valence-corrected chi connectivity index (χ0v) is 13.5. The summed E-state index contributed by atoms with van der Waals surface area (Å²) in [6, 6.07) is 13.2. The van der Waals surface area contributed by atoms with Gasteiger partial charge in [0.2, 0.25) is 0 Å². The van der Waals surface area contributed by atoms with Crippen LogP contribution >= 0.6 is 0 Å². The molecule has 7 heteroatoms. The average molecular weight is 349 g/mol. The van der Waals surface area contributed by atoms with Crippen molar-refractivity contribution in [1.82, 2.24) is 4.90 Å². The first kappa shape index (κ1) is 17.0. The fourth-order valence-electron chi connectivity index (χ4n) is 2.59. The molecule has 1 unspecified atom stereocenters. The first-order chi connectivity index (χ1) is 12.0. The summed E-state index contributed by atoms with van der Waals surface area (Å²) in [7, 11) is 1.57. The van der Waals surface area contributed by atoms with Crippen molar-refractivity contribution in [2.24, 2.45) is 0 Å². The minimum atomic E-state index is -2.99. The average Bonchev–Trinajstić information content (AvgIpc) is 2.61. The number of fused-ring (bicyclic) bond motifs is 1. The standard InChI is InChI=1S/C18H17F2NO4/c1-21(10-12-11-23-15-8-4-5-9-16(15)24-12)17(22)13-6-2-3-7-14(13)25-18(19)20/h2-9,12,18H,10-11H2,1H3. The van der Waals surface area contributed by atoms with Gasteiger partial charge >= 0.3 is 6.61 Å². The van der Waals surface area contributed by atoms with Crippen molar-refractivity contribution in [3.63, 3.8) is 0 Å². The fraction of sp³-hybridized carbons (Fsp3) is 0.278. The highest BCUT2D eigenvalue weighted by Crippen LogP contribution is 2.31. The van der Waals surface area contributed by atoms with Crippen molar-refractivity contribution in [3.8, 4) is 17.2 Å². The van der Waals surface area contributed by atoms with E-state index < -0.39 is 12.5 Å². The van der Waals surface area contributed by atoms with Crippen LogP contribution in [0.25, 0.3) is 0 Å². The highest BCUT2D eigenvalue weighted by atomic mass is 19.3. The van der Waals surface area contributed by atoms with E-state index in [1.165, 1.54) is 23.1 Å². The molecule has 1 amide bonds. The second-order valence-electron chi connectivity index (χ2n) is 5.56. The number of likely N-dealkylation sites (N-methyl/N-ethyl adjacent to an activating group) is 1. The van der Waals surface area contributed by atoms with E-state index in [4.69, 9.17) is 9.47 Å². The SMILES string of the molecule is CN(CC1COc2ccccc2O1)C(=O)c1ccccc1OC(F)F. The minimum Gasteiger partial charge on any atom is -0.486 e. The summed E-state index contributed by atoms with van der Waals surface area (Å²) >= 11 is 0. The molecule has 1 heterocycles. The molecular formula is C18H17F2NO4. The molecule has 1 atom stereocenters. The van der Waals surface area contributed by atoms with Gasteiger partial charge in [-0.2, -0.15) is 8.78 Å². The van der Waals surface area contributed by atoms with Crippen LogP contribution < -0.4 is 14.2 Å². The van der Waals surface area contributed by atoms with E-state index in [0.717, 1.165) is 0 Å². The Labute approximate surface area is 143 Å². The molecule has 2 aromatic carbocycles. The van der Waals surface area contributed by atoms with E-state index in [0.29, 0.717) is 18.1 Å². The van der Waals surface area contributed by atoms with Crippen LogP contribution in [0, 0.1) is 0 Å². The van der Waals surface area contributed by atoms with Gasteiger partial charge in [-0.1, -0.05) is 24.3 Å². The Morgan fingerprint density at radius 3 is 2.64 bits per heavy atom. The van der Waals surface area contributed by atoms with Crippen molar-refractivity contribution in [1.29, 1.82) is 0 Å². The number of halogens is 2. The molecule has 0 aromatic heterocycles. The molecule has 0 radical (unpaired) electrons. The summed E-state index contributed by atoms with van der Waals surface area (Å²) in [4.78, 5) is 14.0. The van der Waals surface area contributed by atoms with Gasteiger partial charge in [-0.25, -0.2) is 0 Å². The summed E-state index contributed by atoms with van der Waals surface area (Å²) in [5.74, 6) is 0.684. The van der Waals surface area contributed by atoms with E-state index in [-0.39, 0.29) is 24.0 Å². The van der Waals surface area contributed by atoms with Gasteiger partial charge in [0, 0.05) is 7.05 Å². The van der Waals surface area contributed by atoms with Gasteiger partial charge in [0.05, 0.1) is 12.1 Å². The molecule has 0 bridgehead atoms. The molecule has 0 spiro atoms. The topological polar surface area (TPSA) is 48.0 Å². The molecule has 1 aliphatic rings. The van der Waals surface area contributed by atoms with E-state index in [1.54, 1.807) is 25.2 Å². The van der Waals surface area contributed by atoms with Crippen LogP contribution in [0.3, 0.4) is 0 Å². The number of rotatable bonds is 5. The monoisotopic (exact) mass is 349 g/mol. The van der Waals surface area contributed by atoms with Gasteiger partial charge in [0.25, 0.3) is 5.91 Å². The van der Waals surface area contributed by atoms with Crippen LogP contribution in [0.15, 0.2) is 48.5 Å². The lowest BCUT2D eigenvalue weighted by Crippen LogP contribution is -2.41. The summed E-state index contributed by atoms with van der Waals surface area (Å²) in [6.07, 6.45) is -0.355. The number of benzene rings is 2. The van der Waals surface area contributed by atoms with Crippen molar-refractivity contribution < 1.29 is 27.8 Å². The van der Waals surface area contributed by atoms with Gasteiger partial charge < -0.3 is 19.1 Å². The maximum absolute atomic E-state index is 12.6. The van der Waals surface area contributed by atoms with E-state index >= 15 is 0 Å². The van der Waals surface area contributed by atoms with E-state index in [9.17, 15) is 13.6 Å². The summed E-state index contributed by atoms with van der Waals surface area (Å²) in [5.41, 5.74) is 0.0717. The minimum absolute atomic E-state index is 0.0717. The Kier molecular flexibility index (Phi) is 5.02. The smallest absolute Gasteiger partial charge is 0.387 e. The Bertz CT molecular complexity index is 753. The summed E-state index contributed by atoms with van der Waals surface area (Å²) in [5, 5.41) is 0. The van der Waals surface area contributed by atoms with Crippen LogP contribution in [0.5, 0.6) is 17.2 Å². The molecular weight excluding hydrogens is 332 g/mol. The molecule has 0 fully saturated rings. The number of carbonyl (C=O) groups is 1. The molecule has 25 heavy (non-hydrogen) atoms. The van der Waals surface area contributed by atoms with Crippen LogP contribution in [0.1, 0.15) is 10.4 Å². The number of para-hydroxylation sites is 3. The van der Waals surface area contributed by atoms with Gasteiger partial charge in [-0.05, 0) is 24.3 Å². The largest absolute Gasteiger partial charge is 0.486 e. The van der Waals surface area contributed by atoms with E-state index in [1.807, 2.05) is 12.1 Å². The maximum Gasteiger partial charge on any atom is 0.387 e. The number of hydrogen-bond donors (Lipinski definition) is 0. The van der Waals surface area contributed by atoms with Gasteiger partial charge in [-0.3, -0.25) is 4.79 Å². The highest BCUT2D eigenvalue weighted by Gasteiger charge is 2.25. The first-order valence-electron chi connectivity index (χ1n) is 7.72.